The second-order valence-electron chi connectivity index (χ2n) is 4.16. The van der Waals surface area contributed by atoms with Gasteiger partial charge in [0.2, 0.25) is 0 Å². The number of carboxylic acids is 1. The van der Waals surface area contributed by atoms with E-state index < -0.39 is 5.97 Å². The van der Waals surface area contributed by atoms with E-state index in [1.807, 2.05) is 24.3 Å². The Balaban J connectivity index is 2.34. The Morgan fingerprint density at radius 2 is 2.00 bits per heavy atom. The molecule has 0 bridgehead atoms. The van der Waals surface area contributed by atoms with E-state index in [9.17, 15) is 4.79 Å². The summed E-state index contributed by atoms with van der Waals surface area (Å²) in [5.74, 6) is -1.05. The number of aromatic carboxylic acids is 1. The highest BCUT2D eigenvalue weighted by Crippen LogP contribution is 2.14. The molecule has 5 nitrogen and oxygen atoms in total. The second-order valence-corrected chi connectivity index (χ2v) is 4.16. The second kappa shape index (κ2) is 5.00. The van der Waals surface area contributed by atoms with Crippen LogP contribution in [0.4, 0.5) is 0 Å². The molecule has 1 aromatic heterocycles. The molecule has 0 aliphatic rings. The molecule has 94 valence electrons. The summed E-state index contributed by atoms with van der Waals surface area (Å²) in [6.45, 7) is 3.83. The number of aromatic nitrogens is 3. The molecule has 2 rings (SSSR count). The average molecular weight is 245 g/mol. The number of nitrogens with zero attached hydrogens (tertiary/aromatic N) is 3. The van der Waals surface area contributed by atoms with Gasteiger partial charge < -0.3 is 5.11 Å². The Kier molecular flexibility index (Phi) is 3.41. The Labute approximate surface area is 105 Å². The summed E-state index contributed by atoms with van der Waals surface area (Å²) < 4.78 is 1.54. The van der Waals surface area contributed by atoms with Crippen molar-refractivity contribution in [3.63, 3.8) is 0 Å². The largest absolute Gasteiger partial charge is 0.476 e. The average Bonchev–Trinajstić information content (AvgIpc) is 2.73. The molecule has 0 atom stereocenters. The summed E-state index contributed by atoms with van der Waals surface area (Å²) in [7, 11) is 0. The predicted molar refractivity (Wildman–Crippen MR) is 67.1 cm³/mol. The van der Waals surface area contributed by atoms with Crippen LogP contribution < -0.4 is 0 Å². The lowest BCUT2D eigenvalue weighted by Crippen LogP contribution is -2.02. The molecule has 18 heavy (non-hydrogen) atoms. The fourth-order valence-electron chi connectivity index (χ4n) is 1.86. The highest BCUT2D eigenvalue weighted by atomic mass is 16.4. The maximum atomic E-state index is 10.9. The zero-order valence-corrected chi connectivity index (χ0v) is 10.4. The number of hydrogen-bond donors (Lipinski definition) is 1. The number of rotatable bonds is 4. The molecule has 1 aromatic carbocycles. The van der Waals surface area contributed by atoms with Gasteiger partial charge >= 0.3 is 5.97 Å². The van der Waals surface area contributed by atoms with Gasteiger partial charge in [-0.25, -0.2) is 9.48 Å². The molecule has 0 aliphatic heterocycles. The molecule has 2 aromatic rings. The molecule has 0 unspecified atom stereocenters. The summed E-state index contributed by atoms with van der Waals surface area (Å²) in [6, 6.07) is 7.91. The predicted octanol–water partition coefficient (Wildman–Crippen LogP) is 2.23. The van der Waals surface area contributed by atoms with Gasteiger partial charge in [-0.2, -0.15) is 0 Å². The van der Waals surface area contributed by atoms with Crippen LogP contribution in [-0.2, 0) is 6.42 Å². The lowest BCUT2D eigenvalue weighted by molar-refractivity contribution is 0.0689. The fourth-order valence-corrected chi connectivity index (χ4v) is 1.86. The number of aryl methyl sites for hydroxylation is 1. The fraction of sp³-hybridized carbons (Fsp3) is 0.308. The van der Waals surface area contributed by atoms with E-state index in [-0.39, 0.29) is 5.69 Å². The van der Waals surface area contributed by atoms with Crippen molar-refractivity contribution in [2.24, 2.45) is 0 Å². The van der Waals surface area contributed by atoms with Gasteiger partial charge in [-0.1, -0.05) is 30.7 Å². The van der Waals surface area contributed by atoms with Crippen LogP contribution in [0.3, 0.4) is 0 Å². The van der Waals surface area contributed by atoms with Crippen LogP contribution in [0.5, 0.6) is 0 Å². The summed E-state index contributed by atoms with van der Waals surface area (Å²) in [6.07, 6.45) is 2.14. The van der Waals surface area contributed by atoms with E-state index in [1.165, 1.54) is 5.56 Å². The highest BCUT2D eigenvalue weighted by Gasteiger charge is 2.15. The molecule has 1 heterocycles. The molecule has 0 saturated heterocycles. The number of carboxylic acid groups (broad SMARTS) is 1. The molecule has 1 N–H and O–H groups in total. The monoisotopic (exact) mass is 245 g/mol. The van der Waals surface area contributed by atoms with Gasteiger partial charge in [-0.15, -0.1) is 5.10 Å². The van der Waals surface area contributed by atoms with E-state index in [0.29, 0.717) is 5.69 Å². The van der Waals surface area contributed by atoms with Crippen molar-refractivity contribution >= 4 is 5.97 Å². The maximum absolute atomic E-state index is 10.9. The van der Waals surface area contributed by atoms with Crippen molar-refractivity contribution in [2.75, 3.05) is 0 Å². The molecule has 0 aliphatic carbocycles. The SMILES string of the molecule is CCCc1ccc(-n2nnc(C(=O)O)c2C)cc1. The molecule has 0 spiro atoms. The Hall–Kier alpha value is -2.17. The third-order valence-electron chi connectivity index (χ3n) is 2.82. The van der Waals surface area contributed by atoms with Gasteiger partial charge in [0.1, 0.15) is 0 Å². The number of benzene rings is 1. The summed E-state index contributed by atoms with van der Waals surface area (Å²) in [4.78, 5) is 10.9. The molecule has 0 saturated carbocycles. The van der Waals surface area contributed by atoms with Crippen LogP contribution in [-0.4, -0.2) is 26.1 Å². The minimum atomic E-state index is -1.05. The van der Waals surface area contributed by atoms with Gasteiger partial charge in [-0.3, -0.25) is 0 Å². The van der Waals surface area contributed by atoms with Crippen LogP contribution in [0.25, 0.3) is 5.69 Å². The van der Waals surface area contributed by atoms with Crippen LogP contribution in [0.2, 0.25) is 0 Å². The van der Waals surface area contributed by atoms with Gasteiger partial charge in [-0.05, 0) is 31.0 Å². The lowest BCUT2D eigenvalue weighted by atomic mass is 10.1. The van der Waals surface area contributed by atoms with Crippen molar-refractivity contribution in [1.82, 2.24) is 15.0 Å². The minimum absolute atomic E-state index is 0.00682. The van der Waals surface area contributed by atoms with E-state index in [2.05, 4.69) is 17.2 Å². The van der Waals surface area contributed by atoms with Gasteiger partial charge in [0.15, 0.2) is 5.69 Å². The minimum Gasteiger partial charge on any atom is -0.476 e. The Morgan fingerprint density at radius 1 is 1.33 bits per heavy atom. The van der Waals surface area contributed by atoms with Crippen molar-refractivity contribution in [1.29, 1.82) is 0 Å². The lowest BCUT2D eigenvalue weighted by Gasteiger charge is -2.04. The van der Waals surface area contributed by atoms with Crippen LogP contribution >= 0.6 is 0 Å². The molecule has 0 amide bonds. The topological polar surface area (TPSA) is 68.0 Å². The summed E-state index contributed by atoms with van der Waals surface area (Å²) in [5.41, 5.74) is 2.61. The van der Waals surface area contributed by atoms with Crippen molar-refractivity contribution in [2.45, 2.75) is 26.7 Å². The molecule has 0 fully saturated rings. The summed E-state index contributed by atoms with van der Waals surface area (Å²) in [5, 5.41) is 16.5. The Bertz CT molecular complexity index is 558. The third-order valence-corrected chi connectivity index (χ3v) is 2.82. The standard InChI is InChI=1S/C13H15N3O2/c1-3-4-10-5-7-11(8-6-10)16-9(2)12(13(17)18)14-15-16/h5-8H,3-4H2,1-2H3,(H,17,18). The first kappa shape index (κ1) is 12.3. The molecule has 0 radical (unpaired) electrons. The van der Waals surface area contributed by atoms with E-state index in [0.717, 1.165) is 18.5 Å². The smallest absolute Gasteiger partial charge is 0.358 e. The first-order chi connectivity index (χ1) is 8.63. The number of hydrogen-bond acceptors (Lipinski definition) is 3. The van der Waals surface area contributed by atoms with Crippen LogP contribution in [0.15, 0.2) is 24.3 Å². The highest BCUT2D eigenvalue weighted by molar-refractivity contribution is 5.86. The van der Waals surface area contributed by atoms with Crippen molar-refractivity contribution < 1.29 is 9.90 Å². The zero-order valence-electron chi connectivity index (χ0n) is 10.4. The molecule has 5 heteroatoms. The van der Waals surface area contributed by atoms with E-state index in [1.54, 1.807) is 11.6 Å². The molecular formula is C13H15N3O2. The maximum Gasteiger partial charge on any atom is 0.358 e. The quantitative estimate of drug-likeness (QED) is 0.896. The van der Waals surface area contributed by atoms with Gasteiger partial charge in [0, 0.05) is 0 Å². The number of carbonyl (C=O) groups is 1. The van der Waals surface area contributed by atoms with Crippen LogP contribution in [0, 0.1) is 6.92 Å². The van der Waals surface area contributed by atoms with Gasteiger partial charge in [0.05, 0.1) is 11.4 Å². The molecular weight excluding hydrogens is 230 g/mol. The Morgan fingerprint density at radius 3 is 2.50 bits per heavy atom. The van der Waals surface area contributed by atoms with Crippen molar-refractivity contribution in [3.8, 4) is 5.69 Å². The van der Waals surface area contributed by atoms with E-state index in [4.69, 9.17) is 5.11 Å². The summed E-state index contributed by atoms with van der Waals surface area (Å²) >= 11 is 0. The van der Waals surface area contributed by atoms with Crippen molar-refractivity contribution in [3.05, 3.63) is 41.2 Å². The van der Waals surface area contributed by atoms with Gasteiger partial charge in [0.25, 0.3) is 0 Å². The van der Waals surface area contributed by atoms with Crippen LogP contribution in [0.1, 0.15) is 35.1 Å². The first-order valence-electron chi connectivity index (χ1n) is 5.88. The van der Waals surface area contributed by atoms with E-state index >= 15 is 0 Å². The first-order valence-corrected chi connectivity index (χ1v) is 5.88. The zero-order chi connectivity index (χ0) is 13.1. The third kappa shape index (κ3) is 2.25. The normalized spacial score (nSPS) is 10.6.